The van der Waals surface area contributed by atoms with Gasteiger partial charge in [-0.15, -0.1) is 10.2 Å². The van der Waals surface area contributed by atoms with E-state index in [4.69, 9.17) is 4.98 Å². The van der Waals surface area contributed by atoms with E-state index in [0.717, 1.165) is 55.6 Å². The average Bonchev–Trinajstić information content (AvgIpc) is 3.29. The van der Waals surface area contributed by atoms with Gasteiger partial charge in [-0.05, 0) is 58.0 Å². The fraction of sp³-hybridized carbons (Fsp3) is 0.560. The number of nitrogens with one attached hydrogen (secondary N) is 1. The summed E-state index contributed by atoms with van der Waals surface area (Å²) < 4.78 is 4.04. The number of carbonyl (C=O) groups excluding carboxylic acids is 1. The van der Waals surface area contributed by atoms with Crippen molar-refractivity contribution in [3.63, 3.8) is 0 Å². The van der Waals surface area contributed by atoms with Gasteiger partial charge in [0.15, 0.2) is 11.6 Å². The van der Waals surface area contributed by atoms with Crippen LogP contribution in [0.4, 0.5) is 17.6 Å². The molecule has 0 atom stereocenters. The molecule has 0 bridgehead atoms. The zero-order valence-electron chi connectivity index (χ0n) is 20.8. The standard InChI is InChI=1S/C25H32IN9O/c1-32(2)18-8-12-33(13-9-18)21-7-6-20(30-31-21)28-24-27-15-17-14-19-23(36)34(26)16-25(10-4-3-5-11-25)35(19)22(17)29-24/h6-7,14-15,18H,3-5,8-13,16H2,1-2H3,(H,27,28,29,30). The molecule has 6 rings (SSSR count). The van der Waals surface area contributed by atoms with Crippen LogP contribution in [-0.4, -0.2) is 78.4 Å². The molecule has 3 aliphatic rings. The number of fused-ring (bicyclic) bond motifs is 4. The van der Waals surface area contributed by atoms with Crippen LogP contribution in [-0.2, 0) is 5.54 Å². The number of anilines is 3. The minimum absolute atomic E-state index is 0.0374. The molecule has 36 heavy (non-hydrogen) atoms. The third-order valence-corrected chi connectivity index (χ3v) is 8.86. The number of halogens is 1. The van der Waals surface area contributed by atoms with E-state index in [1.807, 2.05) is 21.3 Å². The third-order valence-electron chi connectivity index (χ3n) is 8.08. The average molecular weight is 601 g/mol. The normalized spacial score (nSPS) is 20.4. The van der Waals surface area contributed by atoms with Crippen LogP contribution in [0.3, 0.4) is 0 Å². The molecule has 0 radical (unpaired) electrons. The van der Waals surface area contributed by atoms with Crippen LogP contribution in [0.25, 0.3) is 11.0 Å². The van der Waals surface area contributed by atoms with Gasteiger partial charge in [0.25, 0.3) is 5.91 Å². The first-order valence-corrected chi connectivity index (χ1v) is 13.8. The number of aromatic nitrogens is 5. The van der Waals surface area contributed by atoms with Gasteiger partial charge in [0.1, 0.15) is 11.3 Å². The summed E-state index contributed by atoms with van der Waals surface area (Å²) in [6.07, 6.45) is 9.76. The molecular formula is C25H32IN9O. The van der Waals surface area contributed by atoms with Crippen molar-refractivity contribution in [2.24, 2.45) is 0 Å². The van der Waals surface area contributed by atoms with Crippen molar-refractivity contribution in [1.29, 1.82) is 0 Å². The lowest BCUT2D eigenvalue weighted by Crippen LogP contribution is -2.51. The molecule has 11 heteroatoms. The van der Waals surface area contributed by atoms with E-state index in [2.05, 4.69) is 71.8 Å². The summed E-state index contributed by atoms with van der Waals surface area (Å²) in [4.78, 5) is 27.0. The second-order valence-electron chi connectivity index (χ2n) is 10.5. The molecule has 1 saturated heterocycles. The highest BCUT2D eigenvalue weighted by Crippen LogP contribution is 2.43. The molecular weight excluding hydrogens is 569 g/mol. The molecule has 3 aromatic rings. The first-order chi connectivity index (χ1) is 17.4. The summed E-state index contributed by atoms with van der Waals surface area (Å²) in [6.45, 7) is 2.69. The lowest BCUT2D eigenvalue weighted by molar-refractivity contribution is 0.0714. The Morgan fingerprint density at radius 2 is 1.89 bits per heavy atom. The molecule has 10 nitrogen and oxygen atoms in total. The Kier molecular flexibility index (Phi) is 6.22. The molecule has 190 valence electrons. The first-order valence-electron chi connectivity index (χ1n) is 12.8. The van der Waals surface area contributed by atoms with Crippen LogP contribution in [0.1, 0.15) is 55.4 Å². The predicted molar refractivity (Wildman–Crippen MR) is 148 cm³/mol. The maximum atomic E-state index is 13.0. The second-order valence-corrected chi connectivity index (χ2v) is 11.7. The van der Waals surface area contributed by atoms with E-state index in [0.29, 0.717) is 30.0 Å². The van der Waals surface area contributed by atoms with E-state index >= 15 is 0 Å². The summed E-state index contributed by atoms with van der Waals surface area (Å²) in [6, 6.07) is 6.51. The smallest absolute Gasteiger partial charge is 0.279 e. The minimum atomic E-state index is -0.0997. The molecule has 1 amide bonds. The highest BCUT2D eigenvalue weighted by atomic mass is 127. The van der Waals surface area contributed by atoms with Crippen LogP contribution >= 0.6 is 22.9 Å². The van der Waals surface area contributed by atoms with Crippen LogP contribution in [0.2, 0.25) is 0 Å². The van der Waals surface area contributed by atoms with Crippen LogP contribution in [0.5, 0.6) is 0 Å². The van der Waals surface area contributed by atoms with Crippen molar-refractivity contribution in [2.75, 3.05) is 43.9 Å². The van der Waals surface area contributed by atoms with Crippen molar-refractivity contribution in [2.45, 2.75) is 56.5 Å². The molecule has 1 saturated carbocycles. The number of amides is 1. The Hall–Kier alpha value is -2.54. The molecule has 5 heterocycles. The van der Waals surface area contributed by atoms with Crippen LogP contribution in [0, 0.1) is 0 Å². The van der Waals surface area contributed by atoms with Crippen molar-refractivity contribution in [3.8, 4) is 0 Å². The van der Waals surface area contributed by atoms with Gasteiger partial charge in [0, 0.05) is 30.7 Å². The highest BCUT2D eigenvalue weighted by Gasteiger charge is 2.44. The summed E-state index contributed by atoms with van der Waals surface area (Å²) >= 11 is 2.16. The van der Waals surface area contributed by atoms with Gasteiger partial charge in [0.05, 0.1) is 34.9 Å². The topological polar surface area (TPSA) is 95.3 Å². The number of nitrogens with zero attached hydrogens (tertiary/aromatic N) is 8. The molecule has 1 spiro atoms. The number of piperidine rings is 1. The molecule has 3 aromatic heterocycles. The zero-order chi connectivity index (χ0) is 24.9. The second kappa shape index (κ2) is 9.40. The van der Waals surface area contributed by atoms with Crippen molar-refractivity contribution in [1.82, 2.24) is 32.7 Å². The number of hydrogen-bond acceptors (Lipinski definition) is 8. The van der Waals surface area contributed by atoms with Gasteiger partial charge < -0.3 is 19.7 Å². The summed E-state index contributed by atoms with van der Waals surface area (Å²) in [5, 5.41) is 13.0. The fourth-order valence-corrected chi connectivity index (χ4v) is 6.97. The van der Waals surface area contributed by atoms with E-state index in [-0.39, 0.29) is 11.4 Å². The summed E-state index contributed by atoms with van der Waals surface area (Å²) in [5.41, 5.74) is 1.43. The van der Waals surface area contributed by atoms with Crippen molar-refractivity contribution in [3.05, 3.63) is 30.1 Å². The van der Waals surface area contributed by atoms with Gasteiger partial charge in [-0.25, -0.2) is 4.98 Å². The Morgan fingerprint density at radius 1 is 1.11 bits per heavy atom. The maximum Gasteiger partial charge on any atom is 0.279 e. The van der Waals surface area contributed by atoms with Crippen molar-refractivity contribution < 1.29 is 4.79 Å². The van der Waals surface area contributed by atoms with E-state index in [9.17, 15) is 4.79 Å². The first kappa shape index (κ1) is 23.8. The van der Waals surface area contributed by atoms with Crippen LogP contribution in [0.15, 0.2) is 24.4 Å². The SMILES string of the molecule is CN(C)C1CCN(c2ccc(Nc3ncc4cc5n(c4n3)C3(CCCCC3)CN(I)C5=O)nn2)CC1. The van der Waals surface area contributed by atoms with E-state index in [1.54, 1.807) is 6.20 Å². The molecule has 0 unspecified atom stereocenters. The molecule has 1 N–H and O–H groups in total. The quantitative estimate of drug-likeness (QED) is 0.355. The Morgan fingerprint density at radius 3 is 2.58 bits per heavy atom. The maximum absolute atomic E-state index is 13.0. The van der Waals surface area contributed by atoms with E-state index < -0.39 is 0 Å². The Labute approximate surface area is 225 Å². The molecule has 2 fully saturated rings. The van der Waals surface area contributed by atoms with Gasteiger partial charge in [-0.3, -0.25) is 7.91 Å². The molecule has 2 aliphatic heterocycles. The number of carbonyl (C=O) groups is 1. The third kappa shape index (κ3) is 4.19. The van der Waals surface area contributed by atoms with Gasteiger partial charge in [-0.1, -0.05) is 19.3 Å². The minimum Gasteiger partial charge on any atom is -0.355 e. The van der Waals surface area contributed by atoms with Gasteiger partial charge in [0.2, 0.25) is 5.95 Å². The van der Waals surface area contributed by atoms with Gasteiger partial charge in [-0.2, -0.15) is 4.98 Å². The predicted octanol–water partition coefficient (Wildman–Crippen LogP) is 3.96. The lowest BCUT2D eigenvalue weighted by atomic mass is 9.80. The summed E-state index contributed by atoms with van der Waals surface area (Å²) in [7, 11) is 4.30. The monoisotopic (exact) mass is 601 g/mol. The Balaban J connectivity index is 1.25. The Bertz CT molecular complexity index is 1260. The number of rotatable bonds is 4. The van der Waals surface area contributed by atoms with E-state index in [1.165, 1.54) is 19.3 Å². The van der Waals surface area contributed by atoms with Crippen LogP contribution < -0.4 is 10.2 Å². The lowest BCUT2D eigenvalue weighted by Gasteiger charge is -2.45. The largest absolute Gasteiger partial charge is 0.355 e. The highest BCUT2D eigenvalue weighted by molar-refractivity contribution is 14.1. The van der Waals surface area contributed by atoms with Gasteiger partial charge >= 0.3 is 0 Å². The molecule has 0 aromatic carbocycles. The zero-order valence-corrected chi connectivity index (χ0v) is 23.0. The summed E-state index contributed by atoms with van der Waals surface area (Å²) in [5.74, 6) is 2.01. The van der Waals surface area contributed by atoms with Crippen molar-refractivity contribution >= 4 is 57.4 Å². The fourth-order valence-electron chi connectivity index (χ4n) is 6.09. The number of hydrogen-bond donors (Lipinski definition) is 1. The molecule has 1 aliphatic carbocycles.